The summed E-state index contributed by atoms with van der Waals surface area (Å²) in [4.78, 5) is 0. The molecule has 63 valence electrons. The van der Waals surface area contributed by atoms with E-state index in [0.717, 1.165) is 14.4 Å². The Morgan fingerprint density at radius 1 is 1.30 bits per heavy atom. The average Bonchev–Trinajstić information content (AvgIpc) is 1.75. The van der Waals surface area contributed by atoms with Crippen molar-refractivity contribution in [1.29, 1.82) is 0 Å². The Bertz CT molecular complexity index is 27.2. The first-order valence-corrected chi connectivity index (χ1v) is 17.6. The van der Waals surface area contributed by atoms with Crippen LogP contribution in [0.3, 0.4) is 0 Å². The Morgan fingerprint density at radius 2 is 1.30 bits per heavy atom. The molecule has 0 saturated carbocycles. The molecule has 0 aliphatic rings. The molecular formula is H8AlBaCaFe4MnNbSi. The van der Waals surface area contributed by atoms with Crippen LogP contribution in [0.4, 0.5) is 0 Å². The predicted molar refractivity (Wildman–Crippen MR) is 34.2 cm³/mol. The molecule has 0 amide bonds. The molecule has 0 heterocycles. The fourth-order valence-electron chi connectivity index (χ4n) is 0. The van der Waals surface area contributed by atoms with Crippen molar-refractivity contribution in [1.82, 2.24) is 0 Å². The van der Waals surface area contributed by atoms with Crippen molar-refractivity contribution in [2.24, 2.45) is 0 Å². The third kappa shape index (κ3) is 60.4. The first-order chi connectivity index (χ1) is 3.83. The summed E-state index contributed by atoms with van der Waals surface area (Å²) in [5.41, 5.74) is 0. The fraction of sp³-hybridized carbons (Fsp3) is 0. The van der Waals surface area contributed by atoms with E-state index in [1.165, 1.54) is 0 Å². The SMILES string of the molecule is [AlH2][Fe].[BaH2].[CaH2].[Fe][Mn][Fe].[Fe][SiH2][Nb]. The Kier molecular flexibility index (Phi) is 134. The topological polar surface area (TPSA) is 0 Å². The van der Waals surface area contributed by atoms with Crippen LogP contribution in [0.15, 0.2) is 0 Å². The fourth-order valence-corrected chi connectivity index (χ4v) is 0. The van der Waals surface area contributed by atoms with Gasteiger partial charge in [-0.15, -0.1) is 0 Å². The van der Waals surface area contributed by atoms with Gasteiger partial charge in [0.15, 0.2) is 0 Å². The predicted octanol–water partition coefficient (Wildman–Crippen LogP) is -3.68. The Labute approximate surface area is 190 Å². The van der Waals surface area contributed by atoms with Crippen LogP contribution in [0, 0.1) is 0 Å². The standard InChI is InChI=1S/Al.Ba.Ca.4Fe.Mn.Nb.H2Si.6H/h;;;;;;;;;1H2;;;;;;. The zero-order valence-corrected chi connectivity index (χ0v) is 15.2. The maximum absolute atomic E-state index is 3.65. The third-order valence-electron chi connectivity index (χ3n) is 0. The van der Waals surface area contributed by atoms with E-state index in [1.807, 2.05) is 20.3 Å². The number of hydrogen-bond donors (Lipinski definition) is 0. The molecule has 10 heavy (non-hydrogen) atoms. The normalized spacial score (nSPS) is 5.20. The monoisotopic (exact) mass is 612 g/mol. The zero-order valence-electron chi connectivity index (χ0n) is 3.95. The number of hydrogen-bond acceptors (Lipinski definition) is 0. The van der Waals surface area contributed by atoms with Gasteiger partial charge in [-0.3, -0.25) is 0 Å². The van der Waals surface area contributed by atoms with E-state index in [9.17, 15) is 0 Å². The van der Waals surface area contributed by atoms with Crippen molar-refractivity contribution in [3.63, 3.8) is 0 Å². The van der Waals surface area contributed by atoms with Gasteiger partial charge in [0, 0.05) is 0 Å². The van der Waals surface area contributed by atoms with Crippen LogP contribution in [-0.2, 0) is 89.5 Å². The van der Waals surface area contributed by atoms with Gasteiger partial charge in [0.1, 0.15) is 0 Å². The average molecular weight is 612 g/mol. The van der Waals surface area contributed by atoms with Gasteiger partial charge in [-0.25, -0.2) is 0 Å². The van der Waals surface area contributed by atoms with Gasteiger partial charge in [-0.1, -0.05) is 0 Å². The van der Waals surface area contributed by atoms with Crippen LogP contribution < -0.4 is 0 Å². The second-order valence-electron chi connectivity index (χ2n) is 0.159. The van der Waals surface area contributed by atoms with Crippen LogP contribution in [0.5, 0.6) is 0 Å². The molecule has 0 aromatic carbocycles. The van der Waals surface area contributed by atoms with E-state index in [0.29, 0.717) is 11.3 Å². The van der Waals surface area contributed by atoms with Crippen molar-refractivity contribution in [2.75, 3.05) is 0 Å². The summed E-state index contributed by atoms with van der Waals surface area (Å²) in [6, 6.07) is 0. The van der Waals surface area contributed by atoms with Crippen molar-refractivity contribution in [3.8, 4) is 0 Å². The summed E-state index contributed by atoms with van der Waals surface area (Å²) in [6.07, 6.45) is 0. The van der Waals surface area contributed by atoms with Gasteiger partial charge in [0.2, 0.25) is 0 Å². The van der Waals surface area contributed by atoms with Gasteiger partial charge < -0.3 is 0 Å². The molecule has 0 aliphatic heterocycles. The van der Waals surface area contributed by atoms with Crippen molar-refractivity contribution < 1.29 is 89.5 Å². The van der Waals surface area contributed by atoms with Crippen LogP contribution in [0.25, 0.3) is 0 Å². The third-order valence-corrected chi connectivity index (χ3v) is 0. The van der Waals surface area contributed by atoms with Gasteiger partial charge in [0.25, 0.3) is 0 Å². The molecule has 0 spiro atoms. The van der Waals surface area contributed by atoms with Gasteiger partial charge in [-0.2, -0.15) is 0 Å². The molecule has 0 rings (SSSR count). The Morgan fingerprint density at radius 3 is 1.30 bits per heavy atom. The molecule has 0 aromatic heterocycles. The van der Waals surface area contributed by atoms with Crippen LogP contribution in [0.2, 0.25) is 0 Å². The minimum absolute atomic E-state index is 0. The van der Waals surface area contributed by atoms with E-state index < -0.39 is 0 Å². The van der Waals surface area contributed by atoms with Gasteiger partial charge in [-0.05, 0) is 0 Å². The quantitative estimate of drug-likeness (QED) is 0.248. The maximum atomic E-state index is 3.65. The van der Waals surface area contributed by atoms with Crippen LogP contribution >= 0.6 is 0 Å². The van der Waals surface area contributed by atoms with Crippen LogP contribution in [0.1, 0.15) is 0 Å². The molecule has 0 radical (unpaired) electrons. The molecule has 0 aromatic rings. The van der Waals surface area contributed by atoms with Crippen molar-refractivity contribution >= 4 is 107 Å². The van der Waals surface area contributed by atoms with E-state index >= 15 is 0 Å². The molecule has 0 fully saturated rings. The molecule has 10 heteroatoms. The summed E-state index contributed by atoms with van der Waals surface area (Å²) in [7, 11) is 0. The Hall–Kier alpha value is 6.92. The molecule has 0 N–H and O–H groups in total. The van der Waals surface area contributed by atoms with E-state index in [2.05, 4.69) is 57.9 Å². The molecule has 0 atom stereocenters. The second-order valence-corrected chi connectivity index (χ2v) is 11.5. The minimum atomic E-state index is 0. The van der Waals surface area contributed by atoms with Gasteiger partial charge in [0.05, 0.1) is 0 Å². The number of rotatable bonds is 0. The summed E-state index contributed by atoms with van der Waals surface area (Å²) >= 11 is 17.3. The first kappa shape index (κ1) is 30.2. The van der Waals surface area contributed by atoms with E-state index in [4.69, 9.17) is 0 Å². The molecule has 0 bridgehead atoms. The molecule has 0 aliphatic carbocycles. The second kappa shape index (κ2) is 44.5. The molecule has 0 saturated heterocycles. The first-order valence-electron chi connectivity index (χ1n) is 1.19. The van der Waals surface area contributed by atoms with Crippen LogP contribution in [-0.4, -0.2) is 107 Å². The molecule has 0 unspecified atom stereocenters. The summed E-state index contributed by atoms with van der Waals surface area (Å²) in [5.74, 6) is 0.217. The van der Waals surface area contributed by atoms with Crippen molar-refractivity contribution in [2.45, 2.75) is 0 Å². The van der Waals surface area contributed by atoms with Gasteiger partial charge >= 0.3 is 196 Å². The van der Waals surface area contributed by atoms with E-state index in [-0.39, 0.29) is 92.5 Å². The summed E-state index contributed by atoms with van der Waals surface area (Å²) in [6.45, 7) is 0. The summed E-state index contributed by atoms with van der Waals surface area (Å²) < 4.78 is 0. The zero-order chi connectivity index (χ0) is 7.41. The molecular weight excluding hydrogens is 604 g/mol. The Balaban J connectivity index is -0.0000000116. The summed E-state index contributed by atoms with van der Waals surface area (Å²) in [5, 5.41) is 0. The molecule has 0 nitrogen and oxygen atoms in total. The van der Waals surface area contributed by atoms with Crippen molar-refractivity contribution in [3.05, 3.63) is 0 Å². The van der Waals surface area contributed by atoms with E-state index in [1.54, 1.807) is 0 Å².